The molecule has 2 aromatic rings. The second-order valence-corrected chi connectivity index (χ2v) is 6.75. The molecule has 21 heavy (non-hydrogen) atoms. The molecule has 0 radical (unpaired) electrons. The van der Waals surface area contributed by atoms with Crippen molar-refractivity contribution in [3.63, 3.8) is 0 Å². The number of aryl methyl sites for hydroxylation is 1. The lowest BCUT2D eigenvalue weighted by Gasteiger charge is -2.08. The maximum Gasteiger partial charge on any atom is 0.264 e. The second kappa shape index (κ2) is 5.78. The number of halogens is 1. The zero-order chi connectivity index (χ0) is 15.6. The average Bonchev–Trinajstić information content (AvgIpc) is 2.88. The smallest absolute Gasteiger partial charge is 0.264 e. The van der Waals surface area contributed by atoms with Gasteiger partial charge in [-0.05, 0) is 31.5 Å². The van der Waals surface area contributed by atoms with E-state index in [1.807, 2.05) is 0 Å². The summed E-state index contributed by atoms with van der Waals surface area (Å²) in [6.45, 7) is 3.11. The van der Waals surface area contributed by atoms with E-state index < -0.39 is 15.8 Å². The molecule has 0 aliphatic carbocycles. The van der Waals surface area contributed by atoms with E-state index in [9.17, 15) is 12.8 Å². The van der Waals surface area contributed by atoms with Crippen LogP contribution >= 0.6 is 11.3 Å². The van der Waals surface area contributed by atoms with E-state index in [1.54, 1.807) is 12.3 Å². The Morgan fingerprint density at radius 1 is 1.48 bits per heavy atom. The summed E-state index contributed by atoms with van der Waals surface area (Å²) < 4.78 is 40.0. The first-order valence-electron chi connectivity index (χ1n) is 5.77. The van der Waals surface area contributed by atoms with Crippen molar-refractivity contribution in [3.8, 4) is 0 Å². The van der Waals surface area contributed by atoms with E-state index in [4.69, 9.17) is 5.21 Å². The molecule has 0 saturated carbocycles. The summed E-state index contributed by atoms with van der Waals surface area (Å²) in [5.74, 6) is -0.635. The molecule has 0 aliphatic heterocycles. The quantitative estimate of drug-likeness (QED) is 0.512. The van der Waals surface area contributed by atoms with Crippen LogP contribution in [0.15, 0.2) is 33.6 Å². The van der Waals surface area contributed by atoms with Crippen molar-refractivity contribution in [2.45, 2.75) is 18.7 Å². The molecular formula is C12H12FN3O3S2. The van der Waals surface area contributed by atoms with Gasteiger partial charge in [0.05, 0.1) is 4.90 Å². The van der Waals surface area contributed by atoms with Gasteiger partial charge in [0, 0.05) is 5.38 Å². The summed E-state index contributed by atoms with van der Waals surface area (Å²) >= 11 is 1.04. The minimum atomic E-state index is -3.93. The van der Waals surface area contributed by atoms with Crippen molar-refractivity contribution in [3.05, 3.63) is 40.7 Å². The van der Waals surface area contributed by atoms with E-state index in [1.165, 1.54) is 19.1 Å². The van der Waals surface area contributed by atoms with Crippen molar-refractivity contribution in [1.82, 2.24) is 4.98 Å². The van der Waals surface area contributed by atoms with E-state index in [-0.39, 0.29) is 15.7 Å². The highest BCUT2D eigenvalue weighted by atomic mass is 32.2. The number of benzene rings is 1. The fourth-order valence-corrected chi connectivity index (χ4v) is 3.84. The van der Waals surface area contributed by atoms with E-state index in [2.05, 4.69) is 14.9 Å². The van der Waals surface area contributed by atoms with Crippen molar-refractivity contribution in [2.24, 2.45) is 5.16 Å². The molecule has 0 unspecified atom stereocenters. The average molecular weight is 329 g/mol. The molecule has 0 saturated heterocycles. The fraction of sp³-hybridized carbons (Fsp3) is 0.167. The van der Waals surface area contributed by atoms with Gasteiger partial charge in [-0.15, -0.1) is 11.3 Å². The van der Waals surface area contributed by atoms with Crippen LogP contribution in [0.2, 0.25) is 0 Å². The SMILES string of the molecule is CC(=NO)c1csc(NS(=O)(=O)c2cc(F)ccc2C)n1. The number of anilines is 1. The summed E-state index contributed by atoms with van der Waals surface area (Å²) in [7, 11) is -3.93. The van der Waals surface area contributed by atoms with Crippen LogP contribution in [0.1, 0.15) is 18.2 Å². The summed E-state index contributed by atoms with van der Waals surface area (Å²) in [4.78, 5) is 3.84. The van der Waals surface area contributed by atoms with Gasteiger partial charge in [-0.25, -0.2) is 17.8 Å². The molecule has 112 valence electrons. The molecular weight excluding hydrogens is 317 g/mol. The third-order valence-electron chi connectivity index (χ3n) is 2.69. The van der Waals surface area contributed by atoms with Gasteiger partial charge in [0.2, 0.25) is 0 Å². The minimum Gasteiger partial charge on any atom is -0.411 e. The van der Waals surface area contributed by atoms with Gasteiger partial charge in [-0.2, -0.15) is 0 Å². The summed E-state index contributed by atoms with van der Waals surface area (Å²) in [6, 6.07) is 3.53. The van der Waals surface area contributed by atoms with Crippen LogP contribution in [0, 0.1) is 12.7 Å². The predicted molar refractivity (Wildman–Crippen MR) is 78.1 cm³/mol. The Bertz CT molecular complexity index is 800. The number of nitrogens with one attached hydrogen (secondary N) is 1. The van der Waals surface area contributed by atoms with Crippen molar-refractivity contribution in [2.75, 3.05) is 4.72 Å². The third-order valence-corrected chi connectivity index (χ3v) is 5.05. The Balaban J connectivity index is 2.33. The number of thiazole rings is 1. The van der Waals surface area contributed by atoms with E-state index in [0.29, 0.717) is 11.3 Å². The van der Waals surface area contributed by atoms with Gasteiger partial charge in [-0.3, -0.25) is 4.72 Å². The Morgan fingerprint density at radius 3 is 2.86 bits per heavy atom. The lowest BCUT2D eigenvalue weighted by Crippen LogP contribution is -2.14. The molecule has 1 aromatic heterocycles. The molecule has 0 amide bonds. The Morgan fingerprint density at radius 2 is 2.19 bits per heavy atom. The van der Waals surface area contributed by atoms with Gasteiger partial charge in [0.1, 0.15) is 17.2 Å². The highest BCUT2D eigenvalue weighted by Crippen LogP contribution is 2.23. The molecule has 9 heteroatoms. The summed E-state index contributed by atoms with van der Waals surface area (Å²) in [6.07, 6.45) is 0. The molecule has 0 spiro atoms. The predicted octanol–water partition coefficient (Wildman–Crippen LogP) is 2.59. The Labute approximate surface area is 125 Å². The zero-order valence-corrected chi connectivity index (χ0v) is 12.8. The van der Waals surface area contributed by atoms with Crippen LogP contribution in [-0.4, -0.2) is 24.3 Å². The molecule has 0 atom stereocenters. The van der Waals surface area contributed by atoms with Gasteiger partial charge in [0.25, 0.3) is 10.0 Å². The van der Waals surface area contributed by atoms with Gasteiger partial charge in [0.15, 0.2) is 5.13 Å². The van der Waals surface area contributed by atoms with Crippen LogP contribution in [0.3, 0.4) is 0 Å². The lowest BCUT2D eigenvalue weighted by molar-refractivity contribution is 0.319. The van der Waals surface area contributed by atoms with Crippen molar-refractivity contribution < 1.29 is 18.0 Å². The highest BCUT2D eigenvalue weighted by molar-refractivity contribution is 7.93. The zero-order valence-electron chi connectivity index (χ0n) is 11.2. The second-order valence-electron chi connectivity index (χ2n) is 4.24. The first-order chi connectivity index (χ1) is 9.83. The van der Waals surface area contributed by atoms with Crippen LogP contribution in [0.25, 0.3) is 0 Å². The van der Waals surface area contributed by atoms with E-state index in [0.717, 1.165) is 17.4 Å². The number of hydrogen-bond donors (Lipinski definition) is 2. The highest BCUT2D eigenvalue weighted by Gasteiger charge is 2.19. The Hall–Kier alpha value is -2.00. The van der Waals surface area contributed by atoms with Gasteiger partial charge >= 0.3 is 0 Å². The fourth-order valence-electron chi connectivity index (χ4n) is 1.57. The molecule has 2 rings (SSSR count). The molecule has 1 heterocycles. The minimum absolute atomic E-state index is 0.108. The number of hydrogen-bond acceptors (Lipinski definition) is 6. The topological polar surface area (TPSA) is 91.7 Å². The lowest BCUT2D eigenvalue weighted by atomic mass is 10.2. The van der Waals surface area contributed by atoms with Crippen molar-refractivity contribution in [1.29, 1.82) is 0 Å². The van der Waals surface area contributed by atoms with Crippen LogP contribution in [0.4, 0.5) is 9.52 Å². The number of aromatic nitrogens is 1. The molecule has 1 aromatic carbocycles. The van der Waals surface area contributed by atoms with E-state index >= 15 is 0 Å². The maximum atomic E-state index is 13.2. The first kappa shape index (κ1) is 15.4. The number of sulfonamides is 1. The van der Waals surface area contributed by atoms with Gasteiger partial charge < -0.3 is 5.21 Å². The van der Waals surface area contributed by atoms with Crippen LogP contribution < -0.4 is 4.72 Å². The number of rotatable bonds is 4. The van der Waals surface area contributed by atoms with Crippen LogP contribution in [-0.2, 0) is 10.0 Å². The maximum absolute atomic E-state index is 13.2. The Kier molecular flexibility index (Phi) is 4.24. The number of nitrogens with zero attached hydrogens (tertiary/aromatic N) is 2. The molecule has 0 fully saturated rings. The number of oxime groups is 1. The standard InChI is InChI=1S/C12H12FN3O3S2/c1-7-3-4-9(13)5-11(7)21(18,19)16-12-14-10(6-20-12)8(2)15-17/h3-6,17H,1-2H3,(H,14,16). The molecule has 0 bridgehead atoms. The first-order valence-corrected chi connectivity index (χ1v) is 8.13. The largest absolute Gasteiger partial charge is 0.411 e. The van der Waals surface area contributed by atoms with Gasteiger partial charge in [-0.1, -0.05) is 11.2 Å². The van der Waals surface area contributed by atoms with Crippen LogP contribution in [0.5, 0.6) is 0 Å². The normalized spacial score (nSPS) is 12.4. The molecule has 0 aliphatic rings. The monoisotopic (exact) mass is 329 g/mol. The van der Waals surface area contributed by atoms with Crippen molar-refractivity contribution >= 4 is 32.2 Å². The molecule has 2 N–H and O–H groups in total. The molecule has 6 nitrogen and oxygen atoms in total. The summed E-state index contributed by atoms with van der Waals surface area (Å²) in [5, 5.41) is 13.3. The third kappa shape index (κ3) is 3.37. The summed E-state index contributed by atoms with van der Waals surface area (Å²) in [5.41, 5.74) is 1.04.